The first-order valence-corrected chi connectivity index (χ1v) is 10.2. The molecule has 152 valence electrons. The molecular weight excluding hydrogens is 374 g/mol. The maximum atomic E-state index is 13.2. The lowest BCUT2D eigenvalue weighted by Gasteiger charge is -2.22. The summed E-state index contributed by atoms with van der Waals surface area (Å²) >= 11 is 0. The number of amides is 1. The zero-order valence-electron chi connectivity index (χ0n) is 17.1. The summed E-state index contributed by atoms with van der Waals surface area (Å²) in [5.74, 6) is 1.58. The molecule has 1 aromatic heterocycles. The summed E-state index contributed by atoms with van der Waals surface area (Å²) in [6.45, 7) is 3.78. The zero-order chi connectivity index (χ0) is 20.8. The van der Waals surface area contributed by atoms with Crippen molar-refractivity contribution in [1.82, 2.24) is 14.5 Å². The van der Waals surface area contributed by atoms with Gasteiger partial charge in [0.25, 0.3) is 0 Å². The summed E-state index contributed by atoms with van der Waals surface area (Å²) in [7, 11) is 0. The van der Waals surface area contributed by atoms with E-state index in [1.807, 2.05) is 101 Å². The van der Waals surface area contributed by atoms with E-state index < -0.39 is 0 Å². The number of nitrogens with zero attached hydrogens (tertiary/aromatic N) is 3. The summed E-state index contributed by atoms with van der Waals surface area (Å²) in [5, 5.41) is 0. The number of hydrogen-bond donors (Lipinski definition) is 0. The highest BCUT2D eigenvalue weighted by Gasteiger charge is 2.18. The molecule has 0 saturated carbocycles. The van der Waals surface area contributed by atoms with Crippen LogP contribution in [0.15, 0.2) is 84.9 Å². The third-order valence-corrected chi connectivity index (χ3v) is 5.09. The van der Waals surface area contributed by atoms with Crippen LogP contribution in [0.3, 0.4) is 0 Å². The summed E-state index contributed by atoms with van der Waals surface area (Å²) in [5.41, 5.74) is 2.92. The van der Waals surface area contributed by atoms with Crippen molar-refractivity contribution in [3.63, 3.8) is 0 Å². The number of likely N-dealkylation sites (N-methyl/N-ethyl adjacent to an activating group) is 1. The topological polar surface area (TPSA) is 47.4 Å². The Morgan fingerprint density at radius 3 is 2.33 bits per heavy atom. The lowest BCUT2D eigenvalue weighted by molar-refractivity contribution is -0.132. The first kappa shape index (κ1) is 19.7. The maximum absolute atomic E-state index is 13.2. The smallest absolute Gasteiger partial charge is 0.242 e. The Labute approximate surface area is 176 Å². The van der Waals surface area contributed by atoms with Gasteiger partial charge in [0.15, 0.2) is 0 Å². The summed E-state index contributed by atoms with van der Waals surface area (Å²) in [6, 6.07) is 27.6. The number of hydrogen-bond acceptors (Lipinski definition) is 3. The van der Waals surface area contributed by atoms with Gasteiger partial charge in [-0.15, -0.1) is 0 Å². The molecule has 0 aliphatic rings. The van der Waals surface area contributed by atoms with Gasteiger partial charge in [-0.2, -0.15) is 0 Å². The Balaban J connectivity index is 1.56. The fraction of sp³-hybridized carbons (Fsp3) is 0.200. The van der Waals surface area contributed by atoms with Crippen molar-refractivity contribution in [1.29, 1.82) is 0 Å². The van der Waals surface area contributed by atoms with Crippen molar-refractivity contribution >= 4 is 16.9 Å². The van der Waals surface area contributed by atoms with Crippen molar-refractivity contribution in [3.8, 4) is 5.75 Å². The minimum atomic E-state index is 0.0606. The summed E-state index contributed by atoms with van der Waals surface area (Å²) < 4.78 is 7.88. The summed E-state index contributed by atoms with van der Waals surface area (Å²) in [6.07, 6.45) is 0. The maximum Gasteiger partial charge on any atom is 0.242 e. The summed E-state index contributed by atoms with van der Waals surface area (Å²) in [4.78, 5) is 19.7. The van der Waals surface area contributed by atoms with Crippen LogP contribution in [0.25, 0.3) is 11.0 Å². The molecule has 30 heavy (non-hydrogen) atoms. The van der Waals surface area contributed by atoms with Gasteiger partial charge in [0.05, 0.1) is 11.0 Å². The molecule has 1 heterocycles. The molecular formula is C25H25N3O2. The Hall–Kier alpha value is -3.60. The molecule has 3 aromatic carbocycles. The SMILES string of the molecule is CCN(Cc1ccccc1)C(=O)Cn1c(COc2ccccc2)nc2ccccc21. The molecule has 0 atom stereocenters. The molecule has 5 heteroatoms. The Morgan fingerprint density at radius 1 is 0.933 bits per heavy atom. The highest BCUT2D eigenvalue weighted by Crippen LogP contribution is 2.19. The van der Waals surface area contributed by atoms with Gasteiger partial charge in [-0.25, -0.2) is 4.98 Å². The molecule has 0 unspecified atom stereocenters. The van der Waals surface area contributed by atoms with Crippen molar-refractivity contribution < 1.29 is 9.53 Å². The van der Waals surface area contributed by atoms with Crippen LogP contribution in [0, 0.1) is 0 Å². The monoisotopic (exact) mass is 399 g/mol. The van der Waals surface area contributed by atoms with E-state index in [0.717, 1.165) is 28.2 Å². The molecule has 0 saturated heterocycles. The molecule has 0 spiro atoms. The van der Waals surface area contributed by atoms with Gasteiger partial charge in [-0.3, -0.25) is 4.79 Å². The van der Waals surface area contributed by atoms with Crippen molar-refractivity contribution in [2.75, 3.05) is 6.54 Å². The van der Waals surface area contributed by atoms with E-state index >= 15 is 0 Å². The quantitative estimate of drug-likeness (QED) is 0.433. The van der Waals surface area contributed by atoms with E-state index in [2.05, 4.69) is 0 Å². The standard InChI is InChI=1S/C25H25N3O2/c1-2-27(17-20-11-5-3-6-12-20)25(29)18-28-23-16-10-9-15-22(23)26-24(28)19-30-21-13-7-4-8-14-21/h3-16H,2,17-19H2,1H3. The van der Waals surface area contributed by atoms with Crippen LogP contribution in [-0.4, -0.2) is 26.9 Å². The third-order valence-electron chi connectivity index (χ3n) is 5.09. The Morgan fingerprint density at radius 2 is 1.60 bits per heavy atom. The van der Waals surface area contributed by atoms with Crippen LogP contribution in [0.4, 0.5) is 0 Å². The van der Waals surface area contributed by atoms with Crippen molar-refractivity contribution in [2.24, 2.45) is 0 Å². The van der Waals surface area contributed by atoms with Crippen LogP contribution >= 0.6 is 0 Å². The molecule has 0 fully saturated rings. The molecule has 4 rings (SSSR count). The number of para-hydroxylation sites is 3. The Bertz CT molecular complexity index is 1110. The zero-order valence-corrected chi connectivity index (χ0v) is 17.1. The van der Waals surface area contributed by atoms with E-state index in [0.29, 0.717) is 19.7 Å². The number of aromatic nitrogens is 2. The number of fused-ring (bicyclic) bond motifs is 1. The van der Waals surface area contributed by atoms with Gasteiger partial charge in [0.2, 0.25) is 5.91 Å². The second kappa shape index (κ2) is 9.27. The van der Waals surface area contributed by atoms with E-state index in [1.54, 1.807) is 0 Å². The van der Waals surface area contributed by atoms with Crippen LogP contribution in [0.1, 0.15) is 18.3 Å². The normalized spacial score (nSPS) is 10.8. The van der Waals surface area contributed by atoms with Gasteiger partial charge in [-0.1, -0.05) is 60.7 Å². The number of carbonyl (C=O) groups is 1. The third kappa shape index (κ3) is 4.51. The van der Waals surface area contributed by atoms with Crippen LogP contribution in [-0.2, 0) is 24.5 Å². The fourth-order valence-corrected chi connectivity index (χ4v) is 3.49. The lowest BCUT2D eigenvalue weighted by Crippen LogP contribution is -2.33. The highest BCUT2D eigenvalue weighted by atomic mass is 16.5. The first-order valence-electron chi connectivity index (χ1n) is 10.2. The molecule has 4 aromatic rings. The minimum absolute atomic E-state index is 0.0606. The molecule has 0 aliphatic carbocycles. The number of rotatable bonds is 8. The molecule has 5 nitrogen and oxygen atoms in total. The Kier molecular flexibility index (Phi) is 6.09. The van der Waals surface area contributed by atoms with Gasteiger partial charge in [-0.05, 0) is 36.8 Å². The van der Waals surface area contributed by atoms with Gasteiger partial charge < -0.3 is 14.2 Å². The van der Waals surface area contributed by atoms with Crippen LogP contribution < -0.4 is 4.74 Å². The minimum Gasteiger partial charge on any atom is -0.486 e. The number of imidazole rings is 1. The van der Waals surface area contributed by atoms with Gasteiger partial charge in [0, 0.05) is 13.1 Å². The van der Waals surface area contributed by atoms with Gasteiger partial charge in [0.1, 0.15) is 24.7 Å². The van der Waals surface area contributed by atoms with E-state index in [1.165, 1.54) is 0 Å². The predicted octanol–water partition coefficient (Wildman–Crippen LogP) is 4.66. The fourth-order valence-electron chi connectivity index (χ4n) is 3.49. The second-order valence-corrected chi connectivity index (χ2v) is 7.10. The first-order chi connectivity index (χ1) is 14.7. The predicted molar refractivity (Wildman–Crippen MR) is 118 cm³/mol. The van der Waals surface area contributed by atoms with E-state index in [-0.39, 0.29) is 12.5 Å². The molecule has 1 amide bonds. The average Bonchev–Trinajstić information content (AvgIpc) is 3.14. The molecule has 0 aliphatic heterocycles. The van der Waals surface area contributed by atoms with E-state index in [4.69, 9.17) is 9.72 Å². The van der Waals surface area contributed by atoms with Crippen LogP contribution in [0.2, 0.25) is 0 Å². The number of ether oxygens (including phenoxy) is 1. The largest absolute Gasteiger partial charge is 0.486 e. The van der Waals surface area contributed by atoms with Gasteiger partial charge >= 0.3 is 0 Å². The molecule has 0 radical (unpaired) electrons. The second-order valence-electron chi connectivity index (χ2n) is 7.10. The highest BCUT2D eigenvalue weighted by molar-refractivity contribution is 5.81. The lowest BCUT2D eigenvalue weighted by atomic mass is 10.2. The number of benzene rings is 3. The van der Waals surface area contributed by atoms with Crippen molar-refractivity contribution in [3.05, 3.63) is 96.3 Å². The van der Waals surface area contributed by atoms with E-state index in [9.17, 15) is 4.79 Å². The van der Waals surface area contributed by atoms with Crippen molar-refractivity contribution in [2.45, 2.75) is 26.6 Å². The molecule has 0 bridgehead atoms. The number of carbonyl (C=O) groups excluding carboxylic acids is 1. The molecule has 0 N–H and O–H groups in total. The average molecular weight is 399 g/mol. The van der Waals surface area contributed by atoms with Crippen LogP contribution in [0.5, 0.6) is 5.75 Å².